The van der Waals surface area contributed by atoms with E-state index in [2.05, 4.69) is 159 Å². The molecule has 0 radical (unpaired) electrons. The first-order chi connectivity index (χ1) is 22.4. The average molecular weight is 630 g/mol. The van der Waals surface area contributed by atoms with E-state index in [9.17, 15) is 4.21 Å². The van der Waals surface area contributed by atoms with Crippen molar-refractivity contribution in [1.82, 2.24) is 0 Å². The van der Waals surface area contributed by atoms with Crippen LogP contribution in [-0.4, -0.2) is 4.21 Å². The Morgan fingerprint density at radius 2 is 1.15 bits per heavy atom. The minimum atomic E-state index is -1.38. The van der Waals surface area contributed by atoms with E-state index in [0.717, 1.165) is 54.1 Å². The van der Waals surface area contributed by atoms with Crippen LogP contribution in [0.2, 0.25) is 0 Å². The number of rotatable bonds is 3. The number of hydrogen-bond acceptors (Lipinski definition) is 3. The number of anilines is 3. The molecule has 0 amide bonds. The van der Waals surface area contributed by atoms with Gasteiger partial charge in [0.05, 0.1) is 26.3 Å². The molecule has 1 aromatic heterocycles. The van der Waals surface area contributed by atoms with Crippen LogP contribution in [0.4, 0.5) is 17.1 Å². The molecule has 0 fully saturated rings. The molecule has 1 aliphatic heterocycles. The van der Waals surface area contributed by atoms with Crippen LogP contribution in [-0.2, 0) is 16.2 Å². The molecule has 1 unspecified atom stereocenters. The van der Waals surface area contributed by atoms with E-state index < -0.39 is 10.8 Å². The summed E-state index contributed by atoms with van der Waals surface area (Å²) < 4.78 is 17.5. The van der Waals surface area contributed by atoms with Gasteiger partial charge in [0, 0.05) is 42.7 Å². The van der Waals surface area contributed by atoms with Gasteiger partial charge >= 0.3 is 0 Å². The van der Waals surface area contributed by atoms with Gasteiger partial charge in [0.25, 0.3) is 0 Å². The summed E-state index contributed by atoms with van der Waals surface area (Å²) in [5.74, 6) is 0. The van der Waals surface area contributed by atoms with Crippen LogP contribution >= 0.6 is 11.3 Å². The topological polar surface area (TPSA) is 20.3 Å². The molecular weight excluding hydrogens is 599 g/mol. The van der Waals surface area contributed by atoms with Gasteiger partial charge in [0.15, 0.2) is 0 Å². The van der Waals surface area contributed by atoms with E-state index >= 15 is 0 Å². The fourth-order valence-corrected chi connectivity index (χ4v) is 9.95. The van der Waals surface area contributed by atoms with Crippen molar-refractivity contribution in [3.05, 3.63) is 139 Å². The smallest absolute Gasteiger partial charge is 0.0890 e. The lowest BCUT2D eigenvalue weighted by Gasteiger charge is -2.28. The Morgan fingerprint density at radius 3 is 1.89 bits per heavy atom. The quantitative estimate of drug-likeness (QED) is 0.181. The molecule has 0 saturated carbocycles. The largest absolute Gasteiger partial charge is 0.309 e. The standard InChI is InChI=1S/C42H31NOS2/c1-42(2,3)26-19-21-27(22-20-26)43(28-23-24-38-35(25-28)31-13-8-9-18-37(31)45-38)36-17-10-16-34-39-32-14-6-4-11-29(32)30-12-5-7-15-33(30)41(39)46(44)40(34)36/h4-25H,1-3H3. The molecule has 9 rings (SSSR count). The number of thiophene rings is 1. The van der Waals surface area contributed by atoms with E-state index in [-0.39, 0.29) is 5.41 Å². The minimum Gasteiger partial charge on any atom is -0.309 e. The molecular formula is C42H31NOS2. The number of benzene rings is 7. The number of hydrogen-bond donors (Lipinski definition) is 0. The van der Waals surface area contributed by atoms with E-state index in [1.807, 2.05) is 11.3 Å². The maximum Gasteiger partial charge on any atom is 0.0890 e. The normalized spacial score (nSPS) is 14.3. The third kappa shape index (κ3) is 4.03. The van der Waals surface area contributed by atoms with Crippen LogP contribution in [0.25, 0.3) is 52.8 Å². The Balaban J connectivity index is 1.33. The molecule has 7 aromatic carbocycles. The lowest BCUT2D eigenvalue weighted by Crippen LogP contribution is -2.14. The van der Waals surface area contributed by atoms with Gasteiger partial charge in [0.2, 0.25) is 0 Å². The van der Waals surface area contributed by atoms with Crippen LogP contribution in [0, 0.1) is 0 Å². The second-order valence-corrected chi connectivity index (χ2v) is 15.6. The van der Waals surface area contributed by atoms with E-state index in [1.165, 1.54) is 31.1 Å². The maximum atomic E-state index is 15.0. The second kappa shape index (κ2) is 10.1. The molecule has 0 saturated heterocycles. The first-order valence-electron chi connectivity index (χ1n) is 15.7. The second-order valence-electron chi connectivity index (χ2n) is 13.1. The van der Waals surface area contributed by atoms with E-state index in [4.69, 9.17) is 0 Å². The van der Waals surface area contributed by atoms with Crippen molar-refractivity contribution >= 4 is 80.9 Å². The summed E-state index contributed by atoms with van der Waals surface area (Å²) in [6, 6.07) is 47.7. The summed E-state index contributed by atoms with van der Waals surface area (Å²) in [6.45, 7) is 6.73. The summed E-state index contributed by atoms with van der Waals surface area (Å²) >= 11 is 1.83. The van der Waals surface area contributed by atoms with Crippen molar-refractivity contribution in [3.8, 4) is 11.1 Å². The van der Waals surface area contributed by atoms with Gasteiger partial charge < -0.3 is 4.90 Å². The highest BCUT2D eigenvalue weighted by Gasteiger charge is 2.34. The van der Waals surface area contributed by atoms with Crippen molar-refractivity contribution in [2.45, 2.75) is 36.0 Å². The molecule has 2 nitrogen and oxygen atoms in total. The number of fused-ring (bicyclic) bond motifs is 11. The predicted molar refractivity (Wildman–Crippen MR) is 198 cm³/mol. The van der Waals surface area contributed by atoms with Crippen LogP contribution in [0.15, 0.2) is 143 Å². The zero-order valence-electron chi connectivity index (χ0n) is 25.9. The lowest BCUT2D eigenvalue weighted by molar-refractivity contribution is 0.590. The summed E-state index contributed by atoms with van der Waals surface area (Å²) in [7, 11) is -1.38. The molecule has 0 aliphatic carbocycles. The Kier molecular flexibility index (Phi) is 6.06. The number of nitrogens with zero attached hydrogens (tertiary/aromatic N) is 1. The molecule has 1 aliphatic rings. The monoisotopic (exact) mass is 629 g/mol. The molecule has 2 heterocycles. The van der Waals surface area contributed by atoms with E-state index in [1.54, 1.807) is 0 Å². The zero-order chi connectivity index (χ0) is 31.2. The SMILES string of the molecule is CC(C)(C)c1ccc(N(c2ccc3sc4ccccc4c3c2)c2cccc3c2S(=O)c2c-3c3ccccc3c3ccccc23)cc1. The van der Waals surface area contributed by atoms with Crippen LogP contribution in [0.1, 0.15) is 26.3 Å². The molecule has 0 bridgehead atoms. The van der Waals surface area contributed by atoms with Crippen LogP contribution in [0.5, 0.6) is 0 Å². The fourth-order valence-electron chi connectivity index (χ4n) is 7.15. The van der Waals surface area contributed by atoms with Gasteiger partial charge in [-0.15, -0.1) is 11.3 Å². The summed E-state index contributed by atoms with van der Waals surface area (Å²) in [5, 5.41) is 7.04. The summed E-state index contributed by atoms with van der Waals surface area (Å²) in [4.78, 5) is 4.10. The van der Waals surface area contributed by atoms with Crippen molar-refractivity contribution < 1.29 is 4.21 Å². The van der Waals surface area contributed by atoms with Crippen molar-refractivity contribution in [3.63, 3.8) is 0 Å². The Morgan fingerprint density at radius 1 is 0.543 bits per heavy atom. The first kappa shape index (κ1) is 27.5. The van der Waals surface area contributed by atoms with Gasteiger partial charge in [-0.05, 0) is 75.0 Å². The summed E-state index contributed by atoms with van der Waals surface area (Å²) in [5.41, 5.74) is 6.50. The zero-order valence-corrected chi connectivity index (χ0v) is 27.5. The van der Waals surface area contributed by atoms with Gasteiger partial charge in [-0.25, -0.2) is 4.21 Å². The predicted octanol–water partition coefficient (Wildman–Crippen LogP) is 12.3. The van der Waals surface area contributed by atoms with E-state index in [0.29, 0.717) is 0 Å². The highest BCUT2D eigenvalue weighted by atomic mass is 32.2. The highest BCUT2D eigenvalue weighted by Crippen LogP contribution is 2.53. The van der Waals surface area contributed by atoms with Gasteiger partial charge in [0.1, 0.15) is 0 Å². The van der Waals surface area contributed by atoms with Crippen LogP contribution < -0.4 is 4.90 Å². The van der Waals surface area contributed by atoms with Gasteiger partial charge in [-0.2, -0.15) is 0 Å². The fraction of sp³-hybridized carbons (Fsp3) is 0.0952. The molecule has 4 heteroatoms. The average Bonchev–Trinajstić information content (AvgIpc) is 3.60. The molecule has 46 heavy (non-hydrogen) atoms. The molecule has 8 aromatic rings. The third-order valence-corrected chi connectivity index (χ3v) is 12.1. The Labute approximate surface area is 275 Å². The van der Waals surface area contributed by atoms with Gasteiger partial charge in [-0.1, -0.05) is 112 Å². The van der Waals surface area contributed by atoms with Crippen molar-refractivity contribution in [2.24, 2.45) is 0 Å². The Bertz CT molecular complexity index is 2540. The maximum absolute atomic E-state index is 15.0. The van der Waals surface area contributed by atoms with Crippen LogP contribution in [0.3, 0.4) is 0 Å². The Hall–Kier alpha value is -4.77. The van der Waals surface area contributed by atoms with Gasteiger partial charge in [-0.3, -0.25) is 0 Å². The summed E-state index contributed by atoms with van der Waals surface area (Å²) in [6.07, 6.45) is 0. The highest BCUT2D eigenvalue weighted by molar-refractivity contribution is 7.86. The van der Waals surface area contributed by atoms with Crippen molar-refractivity contribution in [1.29, 1.82) is 0 Å². The van der Waals surface area contributed by atoms with Crippen molar-refractivity contribution in [2.75, 3.05) is 4.90 Å². The molecule has 0 N–H and O–H groups in total. The first-order valence-corrected chi connectivity index (χ1v) is 17.7. The minimum absolute atomic E-state index is 0.0388. The molecule has 222 valence electrons. The molecule has 1 atom stereocenters. The molecule has 0 spiro atoms. The lowest BCUT2D eigenvalue weighted by atomic mass is 9.87. The third-order valence-electron chi connectivity index (χ3n) is 9.37.